The maximum atomic E-state index is 13.5. The van der Waals surface area contributed by atoms with Crippen LogP contribution in [0.4, 0.5) is 17.1 Å². The third-order valence-electron chi connectivity index (χ3n) is 5.86. The van der Waals surface area contributed by atoms with Crippen LogP contribution in [0.2, 0.25) is 0 Å². The van der Waals surface area contributed by atoms with Gasteiger partial charge in [-0.25, -0.2) is 4.57 Å². The van der Waals surface area contributed by atoms with Crippen LogP contribution in [0.15, 0.2) is 66.7 Å². The molecule has 1 aliphatic carbocycles. The average Bonchev–Trinajstić information content (AvgIpc) is 2.92. The standard InChI is InChI=1S/C27H29N2O8P/c1-34-16-19(37-38(32,33)35-2)17-36-15-14-28-22-12-13-23(29-18-8-4-3-5-9-18)25-24(22)26(30)20-10-6-7-11-21(20)27(25)31/h3-13,19,28-29H,14-17H2,1-2H3,(H,32,33). The minimum Gasteiger partial charge on any atom is -0.382 e. The molecule has 38 heavy (non-hydrogen) atoms. The van der Waals surface area contributed by atoms with Gasteiger partial charge in [0.05, 0.1) is 36.6 Å². The maximum Gasteiger partial charge on any atom is 0.472 e. The predicted octanol–water partition coefficient (Wildman–Crippen LogP) is 4.41. The first-order chi connectivity index (χ1) is 18.3. The highest BCUT2D eigenvalue weighted by Gasteiger charge is 2.34. The van der Waals surface area contributed by atoms with E-state index in [-0.39, 0.29) is 37.0 Å². The summed E-state index contributed by atoms with van der Waals surface area (Å²) < 4.78 is 31.7. The molecule has 3 aromatic rings. The van der Waals surface area contributed by atoms with Crippen molar-refractivity contribution in [1.82, 2.24) is 0 Å². The lowest BCUT2D eigenvalue weighted by molar-refractivity contribution is -0.00637. The number of rotatable bonds is 13. The first-order valence-electron chi connectivity index (χ1n) is 11.9. The number of anilines is 3. The number of fused-ring (bicyclic) bond motifs is 2. The lowest BCUT2D eigenvalue weighted by Gasteiger charge is -2.24. The molecule has 2 unspecified atom stereocenters. The van der Waals surface area contributed by atoms with Crippen molar-refractivity contribution in [2.24, 2.45) is 0 Å². The molecule has 3 aromatic carbocycles. The largest absolute Gasteiger partial charge is 0.472 e. The fraction of sp³-hybridized carbons (Fsp3) is 0.259. The van der Waals surface area contributed by atoms with Gasteiger partial charge in [-0.05, 0) is 24.3 Å². The molecule has 0 aliphatic heterocycles. The second kappa shape index (κ2) is 12.4. The van der Waals surface area contributed by atoms with Gasteiger partial charge in [-0.2, -0.15) is 0 Å². The van der Waals surface area contributed by atoms with E-state index in [4.69, 9.17) is 14.0 Å². The summed E-state index contributed by atoms with van der Waals surface area (Å²) in [5, 5.41) is 6.44. The number of phosphoric acid groups is 1. The Bertz CT molecular complexity index is 1350. The lowest BCUT2D eigenvalue weighted by Crippen LogP contribution is -2.26. The molecule has 0 aromatic heterocycles. The van der Waals surface area contributed by atoms with E-state index in [2.05, 4.69) is 15.2 Å². The highest BCUT2D eigenvalue weighted by molar-refractivity contribution is 7.47. The Hall–Kier alpha value is -3.37. The Labute approximate surface area is 220 Å². The quantitative estimate of drug-likeness (QED) is 0.165. The van der Waals surface area contributed by atoms with Gasteiger partial charge in [-0.1, -0.05) is 42.5 Å². The minimum absolute atomic E-state index is 0.0216. The molecule has 4 rings (SSSR count). The topological polar surface area (TPSA) is 132 Å². The van der Waals surface area contributed by atoms with E-state index < -0.39 is 13.9 Å². The Morgan fingerprint density at radius 1 is 0.842 bits per heavy atom. The number of hydrogen-bond donors (Lipinski definition) is 3. The molecule has 2 atom stereocenters. The van der Waals surface area contributed by atoms with E-state index in [9.17, 15) is 19.0 Å². The zero-order chi connectivity index (χ0) is 27.1. The van der Waals surface area contributed by atoms with Crippen molar-refractivity contribution in [1.29, 1.82) is 0 Å². The highest BCUT2D eigenvalue weighted by atomic mass is 31.2. The smallest absolute Gasteiger partial charge is 0.382 e. The molecule has 0 amide bonds. The second-order valence-electron chi connectivity index (χ2n) is 8.44. The monoisotopic (exact) mass is 540 g/mol. The molecule has 3 N–H and O–H groups in total. The van der Waals surface area contributed by atoms with E-state index in [1.807, 2.05) is 30.3 Å². The fourth-order valence-electron chi connectivity index (χ4n) is 4.15. The molecule has 0 saturated heterocycles. The van der Waals surface area contributed by atoms with Crippen molar-refractivity contribution in [2.45, 2.75) is 6.10 Å². The summed E-state index contributed by atoms with van der Waals surface area (Å²) in [7, 11) is -1.69. The number of hydrogen-bond acceptors (Lipinski definition) is 9. The summed E-state index contributed by atoms with van der Waals surface area (Å²) >= 11 is 0. The van der Waals surface area contributed by atoms with Crippen LogP contribution in [0.3, 0.4) is 0 Å². The van der Waals surface area contributed by atoms with Crippen LogP contribution in [-0.2, 0) is 23.1 Å². The third kappa shape index (κ3) is 6.36. The van der Waals surface area contributed by atoms with Gasteiger partial charge in [0, 0.05) is 43.3 Å². The van der Waals surface area contributed by atoms with E-state index >= 15 is 0 Å². The molecule has 0 fully saturated rings. The fourth-order valence-corrected chi connectivity index (χ4v) is 4.73. The van der Waals surface area contributed by atoms with Gasteiger partial charge in [-0.15, -0.1) is 0 Å². The molecule has 0 radical (unpaired) electrons. The van der Waals surface area contributed by atoms with E-state index in [1.54, 1.807) is 36.4 Å². The number of carbonyl (C=O) groups is 2. The molecule has 0 saturated carbocycles. The molecule has 1 aliphatic rings. The number of ether oxygens (including phenoxy) is 2. The Balaban J connectivity index is 1.51. The summed E-state index contributed by atoms with van der Waals surface area (Å²) in [6.07, 6.45) is -0.817. The summed E-state index contributed by atoms with van der Waals surface area (Å²) in [5.41, 5.74) is 3.13. The van der Waals surface area contributed by atoms with Crippen LogP contribution in [0.1, 0.15) is 31.8 Å². The average molecular weight is 541 g/mol. The van der Waals surface area contributed by atoms with Crippen LogP contribution in [0, 0.1) is 0 Å². The van der Waals surface area contributed by atoms with Crippen LogP contribution < -0.4 is 10.6 Å². The predicted molar refractivity (Wildman–Crippen MR) is 142 cm³/mol. The zero-order valence-electron chi connectivity index (χ0n) is 21.0. The van der Waals surface area contributed by atoms with E-state index in [1.165, 1.54) is 7.11 Å². The number of phosphoric ester groups is 1. The molecule has 0 spiro atoms. The number of carbonyl (C=O) groups excluding carboxylic acids is 2. The summed E-state index contributed by atoms with van der Waals surface area (Å²) in [4.78, 5) is 36.6. The van der Waals surface area contributed by atoms with Crippen molar-refractivity contribution >= 4 is 36.5 Å². The zero-order valence-corrected chi connectivity index (χ0v) is 21.9. The van der Waals surface area contributed by atoms with Crippen molar-refractivity contribution in [3.05, 3.63) is 89.0 Å². The molecule has 0 heterocycles. The molecular formula is C27H29N2O8P. The van der Waals surface area contributed by atoms with Gasteiger partial charge in [-0.3, -0.25) is 18.6 Å². The number of benzene rings is 3. The number of para-hydroxylation sites is 1. The van der Waals surface area contributed by atoms with Crippen LogP contribution in [0.5, 0.6) is 0 Å². The van der Waals surface area contributed by atoms with Crippen LogP contribution in [0.25, 0.3) is 0 Å². The minimum atomic E-state index is -4.20. The molecular weight excluding hydrogens is 511 g/mol. The Kier molecular flexibility index (Phi) is 9.06. The first-order valence-corrected chi connectivity index (χ1v) is 13.4. The van der Waals surface area contributed by atoms with Gasteiger partial charge in [0.25, 0.3) is 0 Å². The number of nitrogens with one attached hydrogen (secondary N) is 2. The number of methoxy groups -OCH3 is 1. The second-order valence-corrected chi connectivity index (χ2v) is 9.95. The van der Waals surface area contributed by atoms with Gasteiger partial charge in [0.1, 0.15) is 6.10 Å². The van der Waals surface area contributed by atoms with Crippen molar-refractivity contribution < 1.29 is 37.6 Å². The number of ketones is 2. The van der Waals surface area contributed by atoms with Gasteiger partial charge < -0.3 is 25.0 Å². The van der Waals surface area contributed by atoms with Gasteiger partial charge in [0.15, 0.2) is 11.6 Å². The van der Waals surface area contributed by atoms with Crippen molar-refractivity contribution in [3.63, 3.8) is 0 Å². The maximum absolute atomic E-state index is 13.5. The Morgan fingerprint density at radius 2 is 1.45 bits per heavy atom. The summed E-state index contributed by atoms with van der Waals surface area (Å²) in [6, 6.07) is 19.7. The summed E-state index contributed by atoms with van der Waals surface area (Å²) in [5.74, 6) is -0.484. The van der Waals surface area contributed by atoms with Crippen LogP contribution in [-0.4, -0.2) is 63.1 Å². The van der Waals surface area contributed by atoms with Gasteiger partial charge >= 0.3 is 7.82 Å². The SMILES string of the molecule is COCC(COCCNc1ccc(Nc2ccccc2)c2c1C(=O)c1ccccc1C2=O)OP(=O)(O)OC. The normalized spacial score (nSPS) is 14.8. The first kappa shape index (κ1) is 27.7. The Morgan fingerprint density at radius 3 is 2.08 bits per heavy atom. The lowest BCUT2D eigenvalue weighted by atomic mass is 9.82. The van der Waals surface area contributed by atoms with E-state index in [0.717, 1.165) is 12.8 Å². The highest BCUT2D eigenvalue weighted by Crippen LogP contribution is 2.43. The summed E-state index contributed by atoms with van der Waals surface area (Å²) in [6.45, 7) is 0.485. The van der Waals surface area contributed by atoms with E-state index in [0.29, 0.717) is 34.6 Å². The molecule has 11 heteroatoms. The molecule has 0 bridgehead atoms. The van der Waals surface area contributed by atoms with Crippen molar-refractivity contribution in [2.75, 3.05) is 51.2 Å². The van der Waals surface area contributed by atoms with Crippen molar-refractivity contribution in [3.8, 4) is 0 Å². The van der Waals surface area contributed by atoms with Gasteiger partial charge in [0.2, 0.25) is 0 Å². The molecule has 10 nitrogen and oxygen atoms in total. The third-order valence-corrected chi connectivity index (χ3v) is 6.89. The molecule has 200 valence electrons. The van der Waals surface area contributed by atoms with Crippen LogP contribution >= 0.6 is 7.82 Å².